The van der Waals surface area contributed by atoms with E-state index in [0.717, 1.165) is 12.5 Å². The molecule has 1 aliphatic heterocycles. The molecule has 0 spiro atoms. The van der Waals surface area contributed by atoms with Crippen LogP contribution in [0.3, 0.4) is 0 Å². The zero-order valence-electron chi connectivity index (χ0n) is 18.3. The van der Waals surface area contributed by atoms with Crippen molar-refractivity contribution in [1.82, 2.24) is 9.55 Å². The number of methoxy groups -OCH3 is 1. The first kappa shape index (κ1) is 23.2. The Morgan fingerprint density at radius 2 is 1.91 bits per heavy atom. The fourth-order valence-corrected chi connectivity index (χ4v) is 8.24. The van der Waals surface area contributed by atoms with Crippen LogP contribution in [0.2, 0.25) is 0 Å². The van der Waals surface area contributed by atoms with Gasteiger partial charge in [-0.2, -0.15) is 13.2 Å². The van der Waals surface area contributed by atoms with E-state index in [0.29, 0.717) is 42.6 Å². The number of hydrogen-bond donors (Lipinski definition) is 3. The van der Waals surface area contributed by atoms with Gasteiger partial charge in [0.05, 0.1) is 18.1 Å². The first-order valence-electron chi connectivity index (χ1n) is 10.9. The third kappa shape index (κ3) is 3.26. The average Bonchev–Trinajstić information content (AvgIpc) is 3.56. The van der Waals surface area contributed by atoms with Crippen molar-refractivity contribution in [3.05, 3.63) is 54.8 Å². The molecule has 2 heterocycles. The molecule has 2 aliphatic carbocycles. The van der Waals surface area contributed by atoms with Gasteiger partial charge in [-0.3, -0.25) is 19.5 Å². The third-order valence-electron chi connectivity index (χ3n) is 6.75. The molecule has 0 amide bonds. The molecule has 3 aliphatic rings. The van der Waals surface area contributed by atoms with E-state index in [9.17, 15) is 22.8 Å². The summed E-state index contributed by atoms with van der Waals surface area (Å²) in [6.07, 6.45) is 0.304. The van der Waals surface area contributed by atoms with Gasteiger partial charge in [0, 0.05) is 10.9 Å². The highest BCUT2D eigenvalue weighted by Crippen LogP contribution is 2.72. The van der Waals surface area contributed by atoms with E-state index < -0.39 is 38.8 Å². The second-order valence-electron chi connectivity index (χ2n) is 8.86. The van der Waals surface area contributed by atoms with Gasteiger partial charge >= 0.3 is 11.9 Å². The molecular formula is C22H24F4N4O3S. The Labute approximate surface area is 192 Å². The molecule has 34 heavy (non-hydrogen) atoms. The van der Waals surface area contributed by atoms with Gasteiger partial charge in [0.1, 0.15) is 11.3 Å². The first-order chi connectivity index (χ1) is 16.0. The number of nitrogens with one attached hydrogen (secondary N) is 1. The Morgan fingerprint density at radius 3 is 2.53 bits per heavy atom. The topological polar surface area (TPSA) is 116 Å². The maximum Gasteiger partial charge on any atom is 0.413 e. The summed E-state index contributed by atoms with van der Waals surface area (Å²) in [6.45, 7) is 0. The average molecular weight is 501 g/mol. The Morgan fingerprint density at radius 1 is 1.24 bits per heavy atom. The minimum Gasteiger partial charge on any atom is -0.494 e. The molecule has 1 aromatic carbocycles. The third-order valence-corrected chi connectivity index (χ3v) is 10.2. The van der Waals surface area contributed by atoms with Gasteiger partial charge in [0.2, 0.25) is 0 Å². The number of hydrogen-bond acceptors (Lipinski definition) is 5. The van der Waals surface area contributed by atoms with Crippen LogP contribution in [0, 0.1) is 5.82 Å². The van der Waals surface area contributed by atoms with Crippen LogP contribution in [-0.2, 0) is 0 Å². The maximum atomic E-state index is 15.7. The quantitative estimate of drug-likeness (QED) is 0.551. The zero-order chi connectivity index (χ0) is 24.6. The zero-order valence-corrected chi connectivity index (χ0v) is 19.1. The number of nitrogens with zero attached hydrogens (tertiary/aromatic N) is 1. The summed E-state index contributed by atoms with van der Waals surface area (Å²) in [7, 11) is -2.17. The Hall–Kier alpha value is -2.57. The lowest BCUT2D eigenvalue weighted by atomic mass is 9.98. The summed E-state index contributed by atoms with van der Waals surface area (Å²) in [4.78, 5) is 27.7. The summed E-state index contributed by atoms with van der Waals surface area (Å²) in [5.74, 6) is -1.15. The molecule has 0 saturated heterocycles. The van der Waals surface area contributed by atoms with Crippen molar-refractivity contribution >= 4 is 26.0 Å². The predicted molar refractivity (Wildman–Crippen MR) is 123 cm³/mol. The molecule has 0 bridgehead atoms. The van der Waals surface area contributed by atoms with Gasteiger partial charge in [-0.1, -0.05) is 0 Å². The second-order valence-corrected chi connectivity index (χ2v) is 11.7. The number of H-pyrrole nitrogens is 1. The molecule has 2 atom stereocenters. The smallest absolute Gasteiger partial charge is 0.413 e. The second kappa shape index (κ2) is 7.72. The van der Waals surface area contributed by atoms with Crippen molar-refractivity contribution in [3.8, 4) is 5.75 Å². The normalized spacial score (nSPS) is 25.7. The largest absolute Gasteiger partial charge is 0.494 e. The summed E-state index contributed by atoms with van der Waals surface area (Å²) in [5.41, 5.74) is 4.67. The number of alkyl halides is 3. The summed E-state index contributed by atoms with van der Waals surface area (Å²) in [6, 6.07) is 0.705. The number of fused-ring (bicyclic) bond motifs is 1. The molecule has 0 radical (unpaired) electrons. The number of nitrogens with two attached hydrogens (primary N) is 2. The van der Waals surface area contributed by atoms with Crippen molar-refractivity contribution in [2.75, 3.05) is 7.11 Å². The van der Waals surface area contributed by atoms with Gasteiger partial charge in [0.25, 0.3) is 5.56 Å². The molecule has 2 unspecified atom stereocenters. The van der Waals surface area contributed by atoms with E-state index in [1.807, 2.05) is 0 Å². The van der Waals surface area contributed by atoms with Crippen LogP contribution in [0.4, 0.5) is 17.6 Å². The molecule has 5 N–H and O–H groups in total. The number of ether oxygens (including phenoxy) is 1. The van der Waals surface area contributed by atoms with Crippen molar-refractivity contribution < 1.29 is 22.3 Å². The van der Waals surface area contributed by atoms with Gasteiger partial charge < -0.3 is 10.5 Å². The fourth-order valence-electron chi connectivity index (χ4n) is 5.03. The highest BCUT2D eigenvalue weighted by atomic mass is 32.3. The number of benzene rings is 1. The van der Waals surface area contributed by atoms with Crippen LogP contribution in [0.25, 0.3) is 15.8 Å². The van der Waals surface area contributed by atoms with Crippen molar-refractivity contribution in [2.45, 2.75) is 56.1 Å². The lowest BCUT2D eigenvalue weighted by molar-refractivity contribution is -0.128. The number of allylic oxidation sites excluding steroid dienone is 3. The highest BCUT2D eigenvalue weighted by Gasteiger charge is 2.53. The lowest BCUT2D eigenvalue weighted by Gasteiger charge is -2.44. The van der Waals surface area contributed by atoms with E-state index in [1.54, 1.807) is 0 Å². The van der Waals surface area contributed by atoms with Crippen molar-refractivity contribution in [3.63, 3.8) is 0 Å². The molecular weight excluding hydrogens is 476 g/mol. The minimum atomic E-state index is -4.82. The van der Waals surface area contributed by atoms with E-state index >= 15 is 4.39 Å². The van der Waals surface area contributed by atoms with E-state index in [1.165, 1.54) is 17.8 Å². The van der Waals surface area contributed by atoms with E-state index in [-0.39, 0.29) is 33.2 Å². The molecule has 1 saturated carbocycles. The molecule has 184 valence electrons. The monoisotopic (exact) mass is 500 g/mol. The van der Waals surface area contributed by atoms with E-state index in [2.05, 4.69) is 4.98 Å². The standard InChI is InChI=1S/C22H24F4N4O3S/c1-33-18-16(13(23)9-12-17(18)30(11-6-7-11)21(32)29-19(12)31)15-8-10-4-2-3-5-14(10)34(15,28)20(27)22(24,25)26/h8-9,11,20H,2-7,27-28H2,1H3,(H,29,31,32). The molecule has 1 fully saturated rings. The number of aromatic nitrogens is 2. The Kier molecular flexibility index (Phi) is 5.26. The van der Waals surface area contributed by atoms with Gasteiger partial charge in [-0.15, -0.1) is 10.2 Å². The van der Waals surface area contributed by atoms with Gasteiger partial charge in [-0.05, 0) is 61.1 Å². The number of rotatable bonds is 4. The first-order valence-corrected chi connectivity index (χ1v) is 12.7. The summed E-state index contributed by atoms with van der Waals surface area (Å²) in [5, 5.41) is 4.04. The summed E-state index contributed by atoms with van der Waals surface area (Å²) >= 11 is 0. The van der Waals surface area contributed by atoms with Crippen LogP contribution in [0.15, 0.2) is 32.2 Å². The fraction of sp³-hybridized carbons (Fsp3) is 0.455. The van der Waals surface area contributed by atoms with Crippen LogP contribution < -0.4 is 26.9 Å². The highest BCUT2D eigenvalue weighted by molar-refractivity contribution is 8.42. The van der Waals surface area contributed by atoms with Crippen LogP contribution in [-0.4, -0.2) is 28.2 Å². The maximum absolute atomic E-state index is 15.7. The van der Waals surface area contributed by atoms with Gasteiger partial charge in [0.15, 0.2) is 11.1 Å². The van der Waals surface area contributed by atoms with E-state index in [4.69, 9.17) is 15.6 Å². The molecule has 12 heteroatoms. The lowest BCUT2D eigenvalue weighted by Crippen LogP contribution is -2.45. The number of halogens is 4. The SMILES string of the molecule is COc1c(C2=CC3=C(CCCC3)S2(N)C(N)C(F)(F)F)c(F)cc2c(=O)[nH]c(=O)n(C3CC3)c12. The van der Waals surface area contributed by atoms with Gasteiger partial charge in [-0.25, -0.2) is 9.18 Å². The summed E-state index contributed by atoms with van der Waals surface area (Å²) < 4.78 is 64.4. The molecule has 1 aromatic heterocycles. The van der Waals surface area contributed by atoms with Crippen LogP contribution in [0.5, 0.6) is 5.75 Å². The number of aromatic amines is 1. The van der Waals surface area contributed by atoms with Crippen molar-refractivity contribution in [1.29, 1.82) is 0 Å². The molecule has 5 rings (SSSR count). The van der Waals surface area contributed by atoms with Crippen LogP contribution >= 0.6 is 10.2 Å². The predicted octanol–water partition coefficient (Wildman–Crippen LogP) is 3.88. The minimum absolute atomic E-state index is 0.0447. The Bertz CT molecular complexity index is 1390. The Balaban J connectivity index is 1.85. The van der Waals surface area contributed by atoms with Crippen molar-refractivity contribution in [2.24, 2.45) is 10.9 Å². The molecule has 7 nitrogen and oxygen atoms in total. The van der Waals surface area contributed by atoms with Crippen LogP contribution in [0.1, 0.15) is 50.1 Å². The molecule has 2 aromatic rings.